The quantitative estimate of drug-likeness (QED) is 0.603. The van der Waals surface area contributed by atoms with E-state index in [4.69, 9.17) is 0 Å². The van der Waals surface area contributed by atoms with Gasteiger partial charge in [0.25, 0.3) is 0 Å². The van der Waals surface area contributed by atoms with Gasteiger partial charge in [0.15, 0.2) is 0 Å². The average Bonchev–Trinajstić information content (AvgIpc) is 2.03. The van der Waals surface area contributed by atoms with Crippen LogP contribution in [0.1, 0.15) is 33.1 Å². The van der Waals surface area contributed by atoms with Crippen LogP contribution in [-0.4, -0.2) is 11.9 Å². The minimum absolute atomic E-state index is 0.0645. The smallest absolute Gasteiger partial charge is 0.243 e. The second-order valence-electron chi connectivity index (χ2n) is 2.61. The fraction of sp³-hybridized carbons (Fsp3) is 0.667. The Morgan fingerprint density at radius 1 is 1.64 bits per heavy atom. The average molecular weight is 155 g/mol. The van der Waals surface area contributed by atoms with Gasteiger partial charge < -0.3 is 5.32 Å². The van der Waals surface area contributed by atoms with E-state index in [0.29, 0.717) is 6.04 Å². The van der Waals surface area contributed by atoms with E-state index in [9.17, 15) is 4.79 Å². The van der Waals surface area contributed by atoms with Gasteiger partial charge in [0, 0.05) is 6.04 Å². The van der Waals surface area contributed by atoms with E-state index < -0.39 is 0 Å². The monoisotopic (exact) mass is 155 g/mol. The molecule has 0 bridgehead atoms. The molecule has 0 aromatic carbocycles. The molecule has 0 saturated carbocycles. The molecule has 64 valence electrons. The van der Waals surface area contributed by atoms with E-state index in [1.165, 1.54) is 6.08 Å². The largest absolute Gasteiger partial charge is 0.350 e. The molecule has 11 heavy (non-hydrogen) atoms. The second kappa shape index (κ2) is 5.96. The number of hydrogen-bond donors (Lipinski definition) is 1. The molecule has 0 aromatic heterocycles. The summed E-state index contributed by atoms with van der Waals surface area (Å²) in [6.07, 6.45) is 4.47. The Kier molecular flexibility index (Phi) is 5.53. The number of hydrogen-bond acceptors (Lipinski definition) is 1. The first-order valence-corrected chi connectivity index (χ1v) is 4.17. The Bertz CT molecular complexity index is 132. The van der Waals surface area contributed by atoms with Gasteiger partial charge in [0.1, 0.15) is 0 Å². The third kappa shape index (κ3) is 4.59. The van der Waals surface area contributed by atoms with Gasteiger partial charge in [-0.3, -0.25) is 4.79 Å². The minimum atomic E-state index is -0.0645. The Morgan fingerprint density at radius 3 is 2.64 bits per heavy atom. The highest BCUT2D eigenvalue weighted by Gasteiger charge is 2.05. The maximum Gasteiger partial charge on any atom is 0.243 e. The van der Waals surface area contributed by atoms with Crippen molar-refractivity contribution in [3.8, 4) is 0 Å². The molecule has 1 atom stereocenters. The fourth-order valence-corrected chi connectivity index (χ4v) is 0.987. The van der Waals surface area contributed by atoms with Crippen LogP contribution >= 0.6 is 0 Å². The van der Waals surface area contributed by atoms with Crippen LogP contribution in [0.3, 0.4) is 0 Å². The van der Waals surface area contributed by atoms with Crippen molar-refractivity contribution >= 4 is 5.91 Å². The van der Waals surface area contributed by atoms with Crippen LogP contribution in [0.2, 0.25) is 0 Å². The third-order valence-electron chi connectivity index (χ3n) is 1.66. The van der Waals surface area contributed by atoms with Gasteiger partial charge in [-0.25, -0.2) is 0 Å². The molecule has 0 aromatic rings. The van der Waals surface area contributed by atoms with Gasteiger partial charge in [0.05, 0.1) is 0 Å². The van der Waals surface area contributed by atoms with Gasteiger partial charge in [0.2, 0.25) is 5.91 Å². The lowest BCUT2D eigenvalue weighted by Gasteiger charge is -2.13. The topological polar surface area (TPSA) is 29.1 Å². The molecule has 0 fully saturated rings. The van der Waals surface area contributed by atoms with E-state index in [-0.39, 0.29) is 5.91 Å². The molecule has 0 radical (unpaired) electrons. The van der Waals surface area contributed by atoms with Crippen LogP contribution in [-0.2, 0) is 4.79 Å². The first-order chi connectivity index (χ1) is 5.24. The number of nitrogens with one attached hydrogen (secondary N) is 1. The van der Waals surface area contributed by atoms with Crippen molar-refractivity contribution in [1.82, 2.24) is 5.32 Å². The Morgan fingerprint density at radius 2 is 2.27 bits per heavy atom. The molecule has 0 spiro atoms. The van der Waals surface area contributed by atoms with E-state index >= 15 is 0 Å². The molecule has 2 heteroatoms. The molecule has 0 aliphatic carbocycles. The summed E-state index contributed by atoms with van der Waals surface area (Å²) in [7, 11) is 0. The lowest BCUT2D eigenvalue weighted by Crippen LogP contribution is -2.32. The highest BCUT2D eigenvalue weighted by atomic mass is 16.1. The Balaban J connectivity index is 3.67. The fourth-order valence-electron chi connectivity index (χ4n) is 0.987. The van der Waals surface area contributed by atoms with E-state index in [1.54, 1.807) is 0 Å². The van der Waals surface area contributed by atoms with Crippen molar-refractivity contribution in [1.29, 1.82) is 0 Å². The van der Waals surface area contributed by atoms with Gasteiger partial charge in [-0.15, -0.1) is 0 Å². The molecule has 0 saturated heterocycles. The zero-order chi connectivity index (χ0) is 8.69. The zero-order valence-electron chi connectivity index (χ0n) is 7.39. The molecule has 1 N–H and O–H groups in total. The summed E-state index contributed by atoms with van der Waals surface area (Å²) >= 11 is 0. The highest BCUT2D eigenvalue weighted by Crippen LogP contribution is 2.00. The predicted molar refractivity (Wildman–Crippen MR) is 47.3 cm³/mol. The van der Waals surface area contributed by atoms with Crippen LogP contribution in [0.5, 0.6) is 0 Å². The van der Waals surface area contributed by atoms with Gasteiger partial charge >= 0.3 is 0 Å². The zero-order valence-corrected chi connectivity index (χ0v) is 7.39. The maximum absolute atomic E-state index is 10.8. The van der Waals surface area contributed by atoms with Crippen molar-refractivity contribution in [2.24, 2.45) is 0 Å². The Labute approximate surface area is 68.7 Å². The van der Waals surface area contributed by atoms with Crippen LogP contribution in [0.15, 0.2) is 12.7 Å². The van der Waals surface area contributed by atoms with Crippen LogP contribution < -0.4 is 5.32 Å². The second-order valence-corrected chi connectivity index (χ2v) is 2.61. The van der Waals surface area contributed by atoms with E-state index in [1.807, 2.05) is 0 Å². The number of carbonyl (C=O) groups excluding carboxylic acids is 1. The summed E-state index contributed by atoms with van der Waals surface area (Å²) < 4.78 is 0. The Hall–Kier alpha value is -0.790. The van der Waals surface area contributed by atoms with Crippen LogP contribution in [0, 0.1) is 0 Å². The van der Waals surface area contributed by atoms with Crippen LogP contribution in [0.4, 0.5) is 0 Å². The van der Waals surface area contributed by atoms with Gasteiger partial charge in [-0.05, 0) is 18.9 Å². The molecule has 1 amide bonds. The predicted octanol–water partition coefficient (Wildman–Crippen LogP) is 1.87. The summed E-state index contributed by atoms with van der Waals surface area (Å²) in [6, 6.07) is 0.325. The molecule has 0 rings (SSSR count). The van der Waals surface area contributed by atoms with Crippen molar-refractivity contribution < 1.29 is 4.79 Å². The molecular formula is C9H17NO. The van der Waals surface area contributed by atoms with E-state index in [2.05, 4.69) is 25.7 Å². The molecular weight excluding hydrogens is 138 g/mol. The van der Waals surface area contributed by atoms with Crippen LogP contribution in [0.25, 0.3) is 0 Å². The van der Waals surface area contributed by atoms with Gasteiger partial charge in [-0.2, -0.15) is 0 Å². The number of carbonyl (C=O) groups is 1. The summed E-state index contributed by atoms with van der Waals surface area (Å²) in [5.41, 5.74) is 0. The minimum Gasteiger partial charge on any atom is -0.350 e. The molecule has 0 aliphatic heterocycles. The first kappa shape index (κ1) is 10.2. The van der Waals surface area contributed by atoms with Crippen molar-refractivity contribution in [2.45, 2.75) is 39.2 Å². The maximum atomic E-state index is 10.8. The summed E-state index contributed by atoms with van der Waals surface area (Å²) in [4.78, 5) is 10.8. The lowest BCUT2D eigenvalue weighted by atomic mass is 10.1. The lowest BCUT2D eigenvalue weighted by molar-refractivity contribution is -0.117. The summed E-state index contributed by atoms with van der Waals surface area (Å²) in [5, 5.41) is 2.86. The third-order valence-corrected chi connectivity index (χ3v) is 1.66. The summed E-state index contributed by atoms with van der Waals surface area (Å²) in [6.45, 7) is 7.58. The molecule has 0 heterocycles. The molecule has 1 unspecified atom stereocenters. The normalized spacial score (nSPS) is 12.2. The highest BCUT2D eigenvalue weighted by molar-refractivity contribution is 5.87. The molecule has 2 nitrogen and oxygen atoms in total. The molecule has 0 aliphatic rings. The number of amides is 1. The van der Waals surface area contributed by atoms with E-state index in [0.717, 1.165) is 19.3 Å². The SMILES string of the molecule is C=CC(=O)NC(CC)CCC. The van der Waals surface area contributed by atoms with Crippen molar-refractivity contribution in [3.63, 3.8) is 0 Å². The first-order valence-electron chi connectivity index (χ1n) is 4.17. The van der Waals surface area contributed by atoms with Crippen molar-refractivity contribution in [3.05, 3.63) is 12.7 Å². The van der Waals surface area contributed by atoms with Crippen molar-refractivity contribution in [2.75, 3.05) is 0 Å². The van der Waals surface area contributed by atoms with Gasteiger partial charge in [-0.1, -0.05) is 26.8 Å². The standard InChI is InChI=1S/C9H17NO/c1-4-7-8(5-2)10-9(11)6-3/h6,8H,3-5,7H2,1-2H3,(H,10,11). The summed E-state index contributed by atoms with van der Waals surface area (Å²) in [5.74, 6) is -0.0645. The number of rotatable bonds is 5.